The van der Waals surface area contributed by atoms with Crippen LogP contribution in [-0.2, 0) is 22.7 Å². The van der Waals surface area contributed by atoms with E-state index in [0.29, 0.717) is 18.7 Å². The Bertz CT molecular complexity index is 815. The number of carbonyl (C=O) groups excluding carboxylic acids is 1. The van der Waals surface area contributed by atoms with Gasteiger partial charge in [-0.05, 0) is 24.6 Å². The van der Waals surface area contributed by atoms with Crippen LogP contribution in [0.25, 0.3) is 0 Å². The lowest BCUT2D eigenvalue weighted by molar-refractivity contribution is -0.115. The second-order valence-electron chi connectivity index (χ2n) is 7.20. The van der Waals surface area contributed by atoms with Crippen LogP contribution in [0.3, 0.4) is 0 Å². The molecule has 0 bridgehead atoms. The second-order valence-corrected chi connectivity index (χ2v) is 7.20. The molecule has 1 aromatic carbocycles. The maximum Gasteiger partial charge on any atom is 0.269 e. The highest BCUT2D eigenvalue weighted by Crippen LogP contribution is 2.34. The van der Waals surface area contributed by atoms with Gasteiger partial charge in [0.15, 0.2) is 5.60 Å². The van der Waals surface area contributed by atoms with E-state index in [-0.39, 0.29) is 11.5 Å². The van der Waals surface area contributed by atoms with Gasteiger partial charge in [0, 0.05) is 32.5 Å². The zero-order valence-corrected chi connectivity index (χ0v) is 14.9. The van der Waals surface area contributed by atoms with Gasteiger partial charge in [-0.2, -0.15) is 0 Å². The number of carbonyl (C=O) groups is 1. The van der Waals surface area contributed by atoms with Crippen LogP contribution in [0.1, 0.15) is 29.7 Å². The van der Waals surface area contributed by atoms with Crippen molar-refractivity contribution in [3.8, 4) is 0 Å². The molecule has 2 aromatic rings. The van der Waals surface area contributed by atoms with Crippen molar-refractivity contribution in [3.05, 3.63) is 59.5 Å². The number of nitrogens with zero attached hydrogens (tertiary/aromatic N) is 2. The number of hydrogen-bond acceptors (Lipinski definition) is 5. The Morgan fingerprint density at radius 3 is 3.08 bits per heavy atom. The SMILES string of the molecule is Cc1cccc(CN2CCC3(CC(C(=O)NCc4ccco4)=NO3)C2)c1. The summed E-state index contributed by atoms with van der Waals surface area (Å²) in [5.41, 5.74) is 2.68. The maximum absolute atomic E-state index is 12.3. The van der Waals surface area contributed by atoms with Crippen molar-refractivity contribution >= 4 is 11.6 Å². The summed E-state index contributed by atoms with van der Waals surface area (Å²) in [6, 6.07) is 12.2. The summed E-state index contributed by atoms with van der Waals surface area (Å²) in [6.45, 7) is 5.10. The molecule has 1 amide bonds. The highest BCUT2D eigenvalue weighted by molar-refractivity contribution is 6.39. The number of oxime groups is 1. The Morgan fingerprint density at radius 1 is 1.35 bits per heavy atom. The summed E-state index contributed by atoms with van der Waals surface area (Å²) in [5, 5.41) is 6.91. The number of hydrogen-bond donors (Lipinski definition) is 1. The first kappa shape index (κ1) is 16.8. The Kier molecular flexibility index (Phi) is 4.51. The second kappa shape index (κ2) is 6.96. The molecule has 1 spiro atoms. The molecule has 6 heteroatoms. The number of furan rings is 1. The molecule has 3 heterocycles. The average Bonchev–Trinajstić information content (AvgIpc) is 3.36. The number of aryl methyl sites for hydroxylation is 1. The van der Waals surface area contributed by atoms with Crippen LogP contribution >= 0.6 is 0 Å². The lowest BCUT2D eigenvalue weighted by Crippen LogP contribution is -2.36. The minimum absolute atomic E-state index is 0.185. The van der Waals surface area contributed by atoms with Crippen LogP contribution in [0, 0.1) is 6.92 Å². The standard InChI is InChI=1S/C20H23N3O3/c1-15-4-2-5-16(10-15)13-23-8-7-20(14-23)11-18(22-26-20)19(24)21-12-17-6-3-9-25-17/h2-6,9-10H,7-8,11-14H2,1H3,(H,21,24). The van der Waals surface area contributed by atoms with Gasteiger partial charge in [0.2, 0.25) is 0 Å². The predicted octanol–water partition coefficient (Wildman–Crippen LogP) is 2.63. The molecular formula is C20H23N3O3. The third-order valence-corrected chi connectivity index (χ3v) is 4.99. The van der Waals surface area contributed by atoms with Crippen molar-refractivity contribution in [2.75, 3.05) is 13.1 Å². The third-order valence-electron chi connectivity index (χ3n) is 4.99. The topological polar surface area (TPSA) is 67.1 Å². The molecule has 1 atom stereocenters. The van der Waals surface area contributed by atoms with Crippen LogP contribution in [0.15, 0.2) is 52.2 Å². The minimum atomic E-state index is -0.360. The van der Waals surface area contributed by atoms with Gasteiger partial charge < -0.3 is 14.6 Å². The number of amides is 1. The first-order chi connectivity index (χ1) is 12.6. The zero-order chi connectivity index (χ0) is 18.0. The van der Waals surface area contributed by atoms with Gasteiger partial charge in [0.05, 0.1) is 12.8 Å². The highest BCUT2D eigenvalue weighted by atomic mass is 16.7. The largest absolute Gasteiger partial charge is 0.467 e. The molecule has 26 heavy (non-hydrogen) atoms. The predicted molar refractivity (Wildman–Crippen MR) is 97.5 cm³/mol. The van der Waals surface area contributed by atoms with Crippen molar-refractivity contribution in [2.45, 2.75) is 38.5 Å². The van der Waals surface area contributed by atoms with E-state index in [1.807, 2.05) is 6.07 Å². The average molecular weight is 353 g/mol. The van der Waals surface area contributed by atoms with Gasteiger partial charge in [-0.3, -0.25) is 9.69 Å². The molecule has 1 saturated heterocycles. The Balaban J connectivity index is 1.30. The maximum atomic E-state index is 12.3. The lowest BCUT2D eigenvalue weighted by Gasteiger charge is -2.21. The Hall–Kier alpha value is -2.60. The summed E-state index contributed by atoms with van der Waals surface area (Å²) < 4.78 is 5.23. The summed E-state index contributed by atoms with van der Waals surface area (Å²) in [6.07, 6.45) is 3.03. The summed E-state index contributed by atoms with van der Waals surface area (Å²) in [5.74, 6) is 0.535. The monoisotopic (exact) mass is 353 g/mol. The van der Waals surface area contributed by atoms with Crippen LogP contribution in [0.2, 0.25) is 0 Å². The molecule has 1 fully saturated rings. The van der Waals surface area contributed by atoms with Gasteiger partial charge in [-0.25, -0.2) is 0 Å². The number of rotatable bonds is 5. The van der Waals surface area contributed by atoms with Crippen LogP contribution in [0.5, 0.6) is 0 Å². The number of likely N-dealkylation sites (tertiary alicyclic amines) is 1. The first-order valence-electron chi connectivity index (χ1n) is 8.95. The molecular weight excluding hydrogens is 330 g/mol. The quantitative estimate of drug-likeness (QED) is 0.897. The summed E-state index contributed by atoms with van der Waals surface area (Å²) in [4.78, 5) is 20.4. The van der Waals surface area contributed by atoms with Gasteiger partial charge in [-0.15, -0.1) is 0 Å². The van der Waals surface area contributed by atoms with Crippen LogP contribution < -0.4 is 5.32 Å². The molecule has 1 aromatic heterocycles. The van der Waals surface area contributed by atoms with E-state index in [1.54, 1.807) is 12.3 Å². The molecule has 2 aliphatic rings. The zero-order valence-electron chi connectivity index (χ0n) is 14.9. The van der Waals surface area contributed by atoms with Crippen LogP contribution in [0.4, 0.5) is 0 Å². The van der Waals surface area contributed by atoms with E-state index in [4.69, 9.17) is 9.25 Å². The van der Waals surface area contributed by atoms with E-state index in [2.05, 4.69) is 46.6 Å². The molecule has 0 saturated carbocycles. The fourth-order valence-electron chi connectivity index (χ4n) is 3.68. The summed E-state index contributed by atoms with van der Waals surface area (Å²) >= 11 is 0. The Morgan fingerprint density at radius 2 is 2.27 bits per heavy atom. The fraction of sp³-hybridized carbons (Fsp3) is 0.400. The number of nitrogens with one attached hydrogen (secondary N) is 1. The fourth-order valence-corrected chi connectivity index (χ4v) is 3.68. The lowest BCUT2D eigenvalue weighted by atomic mass is 9.96. The van der Waals surface area contributed by atoms with Crippen molar-refractivity contribution in [3.63, 3.8) is 0 Å². The van der Waals surface area contributed by atoms with Gasteiger partial charge in [-0.1, -0.05) is 35.0 Å². The molecule has 2 aliphatic heterocycles. The van der Waals surface area contributed by atoms with Crippen molar-refractivity contribution in [1.82, 2.24) is 10.2 Å². The third kappa shape index (κ3) is 3.65. The van der Waals surface area contributed by atoms with Gasteiger partial charge in [0.25, 0.3) is 5.91 Å². The molecule has 4 rings (SSSR count). The molecule has 0 aliphatic carbocycles. The van der Waals surface area contributed by atoms with E-state index in [1.165, 1.54) is 11.1 Å². The van der Waals surface area contributed by atoms with E-state index in [9.17, 15) is 4.79 Å². The highest BCUT2D eigenvalue weighted by Gasteiger charge is 2.46. The van der Waals surface area contributed by atoms with Crippen molar-refractivity contribution in [2.24, 2.45) is 5.16 Å². The van der Waals surface area contributed by atoms with Crippen molar-refractivity contribution < 1.29 is 14.0 Å². The molecule has 1 N–H and O–H groups in total. The normalized spacial score (nSPS) is 22.4. The van der Waals surface area contributed by atoms with Crippen molar-refractivity contribution in [1.29, 1.82) is 0 Å². The van der Waals surface area contributed by atoms with Crippen LogP contribution in [-0.4, -0.2) is 35.2 Å². The smallest absolute Gasteiger partial charge is 0.269 e. The molecule has 0 radical (unpaired) electrons. The van der Waals surface area contributed by atoms with E-state index in [0.717, 1.165) is 31.8 Å². The molecule has 6 nitrogen and oxygen atoms in total. The number of benzene rings is 1. The Labute approximate surface area is 152 Å². The molecule has 136 valence electrons. The van der Waals surface area contributed by atoms with Gasteiger partial charge >= 0.3 is 0 Å². The minimum Gasteiger partial charge on any atom is -0.467 e. The van der Waals surface area contributed by atoms with E-state index >= 15 is 0 Å². The molecule has 1 unspecified atom stereocenters. The van der Waals surface area contributed by atoms with E-state index < -0.39 is 0 Å². The first-order valence-corrected chi connectivity index (χ1v) is 8.95. The summed E-state index contributed by atoms with van der Waals surface area (Å²) in [7, 11) is 0. The van der Waals surface area contributed by atoms with Gasteiger partial charge in [0.1, 0.15) is 11.5 Å².